The molecule has 0 atom stereocenters. The fourth-order valence-electron chi connectivity index (χ4n) is 2.25. The number of aliphatic imine (C=N–C) groups is 1. The SMILES string of the molecule is CCNC(=NCc1ncc(C)c(OC)c1C)NCCCOCC.I. The Kier molecular flexibility index (Phi) is 12.6. The largest absolute Gasteiger partial charge is 0.496 e. The summed E-state index contributed by atoms with van der Waals surface area (Å²) in [7, 11) is 1.69. The van der Waals surface area contributed by atoms with Crippen molar-refractivity contribution < 1.29 is 9.47 Å². The lowest BCUT2D eigenvalue weighted by atomic mass is 10.1. The summed E-state index contributed by atoms with van der Waals surface area (Å²) in [5, 5.41) is 6.55. The monoisotopic (exact) mass is 450 g/mol. The highest BCUT2D eigenvalue weighted by molar-refractivity contribution is 14.0. The molecule has 0 aromatic carbocycles. The lowest BCUT2D eigenvalue weighted by Crippen LogP contribution is -2.38. The third-order valence-corrected chi connectivity index (χ3v) is 3.44. The number of halogens is 1. The highest BCUT2D eigenvalue weighted by Gasteiger charge is 2.09. The van der Waals surface area contributed by atoms with Crippen LogP contribution in [0, 0.1) is 13.8 Å². The number of guanidine groups is 1. The van der Waals surface area contributed by atoms with E-state index >= 15 is 0 Å². The smallest absolute Gasteiger partial charge is 0.191 e. The number of methoxy groups -OCH3 is 1. The third-order valence-electron chi connectivity index (χ3n) is 3.44. The van der Waals surface area contributed by atoms with E-state index in [1.807, 2.05) is 27.0 Å². The number of aromatic nitrogens is 1. The summed E-state index contributed by atoms with van der Waals surface area (Å²) >= 11 is 0. The van der Waals surface area contributed by atoms with E-state index in [-0.39, 0.29) is 24.0 Å². The summed E-state index contributed by atoms with van der Waals surface area (Å²) in [5.41, 5.74) is 3.01. The van der Waals surface area contributed by atoms with Crippen LogP contribution in [0.1, 0.15) is 37.1 Å². The molecule has 138 valence electrons. The van der Waals surface area contributed by atoms with Crippen LogP contribution in [0.4, 0.5) is 0 Å². The summed E-state index contributed by atoms with van der Waals surface area (Å²) in [6, 6.07) is 0. The highest BCUT2D eigenvalue weighted by Crippen LogP contribution is 2.24. The van der Waals surface area contributed by atoms with Gasteiger partial charge in [0.15, 0.2) is 5.96 Å². The number of pyridine rings is 1. The lowest BCUT2D eigenvalue weighted by Gasteiger charge is -2.13. The number of hydrogen-bond acceptors (Lipinski definition) is 4. The van der Waals surface area contributed by atoms with E-state index in [4.69, 9.17) is 9.47 Å². The van der Waals surface area contributed by atoms with E-state index in [0.717, 1.165) is 61.3 Å². The molecule has 7 heteroatoms. The number of ether oxygens (including phenoxy) is 2. The first-order valence-corrected chi connectivity index (χ1v) is 8.22. The first-order chi connectivity index (χ1) is 11.1. The van der Waals surface area contributed by atoms with Crippen LogP contribution in [-0.2, 0) is 11.3 Å². The molecule has 0 spiro atoms. The van der Waals surface area contributed by atoms with Crippen LogP contribution in [0.25, 0.3) is 0 Å². The number of nitrogens with one attached hydrogen (secondary N) is 2. The molecule has 0 fully saturated rings. The zero-order chi connectivity index (χ0) is 17.1. The maximum Gasteiger partial charge on any atom is 0.191 e. The van der Waals surface area contributed by atoms with Gasteiger partial charge in [-0.05, 0) is 34.1 Å². The molecule has 0 unspecified atom stereocenters. The van der Waals surface area contributed by atoms with Crippen molar-refractivity contribution >= 4 is 29.9 Å². The fraction of sp³-hybridized carbons (Fsp3) is 0.647. The minimum atomic E-state index is 0. The van der Waals surface area contributed by atoms with Crippen LogP contribution in [0.2, 0.25) is 0 Å². The summed E-state index contributed by atoms with van der Waals surface area (Å²) < 4.78 is 10.8. The lowest BCUT2D eigenvalue weighted by molar-refractivity contribution is 0.145. The maximum absolute atomic E-state index is 5.44. The van der Waals surface area contributed by atoms with Crippen LogP contribution >= 0.6 is 24.0 Å². The van der Waals surface area contributed by atoms with Crippen LogP contribution < -0.4 is 15.4 Å². The summed E-state index contributed by atoms with van der Waals surface area (Å²) in [6.07, 6.45) is 2.78. The highest BCUT2D eigenvalue weighted by atomic mass is 127. The van der Waals surface area contributed by atoms with Gasteiger partial charge in [-0.3, -0.25) is 4.98 Å². The fourth-order valence-corrected chi connectivity index (χ4v) is 2.25. The number of nitrogens with zero attached hydrogens (tertiary/aromatic N) is 2. The number of rotatable bonds is 9. The van der Waals surface area contributed by atoms with Crippen LogP contribution in [0.5, 0.6) is 5.75 Å². The molecule has 0 saturated heterocycles. The van der Waals surface area contributed by atoms with E-state index in [2.05, 4.69) is 27.5 Å². The topological polar surface area (TPSA) is 67.8 Å². The molecule has 0 saturated carbocycles. The first-order valence-electron chi connectivity index (χ1n) is 8.22. The molecule has 0 amide bonds. The standard InChI is InChI=1S/C17H30N4O2.HI/c1-6-18-17(19-9-8-10-23-7-2)21-12-15-14(4)16(22-5)13(3)11-20-15;/h11H,6-10,12H2,1-5H3,(H2,18,19,21);1H. The molecular formula is C17H31IN4O2. The Balaban J connectivity index is 0.00000529. The average Bonchev–Trinajstić information content (AvgIpc) is 2.54. The average molecular weight is 450 g/mol. The van der Waals surface area contributed by atoms with Gasteiger partial charge in [0.05, 0.1) is 19.3 Å². The van der Waals surface area contributed by atoms with Gasteiger partial charge in [-0.15, -0.1) is 24.0 Å². The van der Waals surface area contributed by atoms with E-state index < -0.39 is 0 Å². The maximum atomic E-state index is 5.44. The molecule has 1 aromatic rings. The molecule has 1 heterocycles. The van der Waals surface area contributed by atoms with Gasteiger partial charge in [0, 0.05) is 43.6 Å². The van der Waals surface area contributed by atoms with Gasteiger partial charge >= 0.3 is 0 Å². The summed E-state index contributed by atoms with van der Waals surface area (Å²) in [6.45, 7) is 11.8. The van der Waals surface area contributed by atoms with E-state index in [1.54, 1.807) is 7.11 Å². The molecule has 0 bridgehead atoms. The molecular weight excluding hydrogens is 419 g/mol. The van der Waals surface area contributed by atoms with Crippen molar-refractivity contribution in [2.24, 2.45) is 4.99 Å². The van der Waals surface area contributed by atoms with Crippen LogP contribution in [0.3, 0.4) is 0 Å². The zero-order valence-corrected chi connectivity index (χ0v) is 17.8. The van der Waals surface area contributed by atoms with Gasteiger partial charge in [-0.1, -0.05) is 0 Å². The van der Waals surface area contributed by atoms with E-state index in [9.17, 15) is 0 Å². The minimum Gasteiger partial charge on any atom is -0.496 e. The molecule has 0 aliphatic carbocycles. The second-order valence-electron chi connectivity index (χ2n) is 5.22. The Morgan fingerprint density at radius 3 is 2.62 bits per heavy atom. The summed E-state index contributed by atoms with van der Waals surface area (Å²) in [4.78, 5) is 9.08. The van der Waals surface area contributed by atoms with Gasteiger partial charge in [0.2, 0.25) is 0 Å². The Morgan fingerprint density at radius 1 is 1.25 bits per heavy atom. The Labute approximate surface area is 162 Å². The van der Waals surface area contributed by atoms with Crippen molar-refractivity contribution in [1.82, 2.24) is 15.6 Å². The van der Waals surface area contributed by atoms with Crippen molar-refractivity contribution in [3.05, 3.63) is 23.0 Å². The molecule has 0 radical (unpaired) electrons. The molecule has 24 heavy (non-hydrogen) atoms. The normalized spacial score (nSPS) is 11.0. The number of aryl methyl sites for hydroxylation is 1. The second-order valence-corrected chi connectivity index (χ2v) is 5.22. The predicted octanol–water partition coefficient (Wildman–Crippen LogP) is 2.81. The Hall–Kier alpha value is -1.09. The zero-order valence-electron chi connectivity index (χ0n) is 15.4. The Morgan fingerprint density at radius 2 is 2.00 bits per heavy atom. The van der Waals surface area contributed by atoms with Gasteiger partial charge in [0.1, 0.15) is 5.75 Å². The van der Waals surface area contributed by atoms with Gasteiger partial charge < -0.3 is 20.1 Å². The molecule has 0 aliphatic heterocycles. The van der Waals surface area contributed by atoms with Gasteiger partial charge in [-0.25, -0.2) is 4.99 Å². The van der Waals surface area contributed by atoms with E-state index in [0.29, 0.717) is 6.54 Å². The van der Waals surface area contributed by atoms with Crippen LogP contribution in [0.15, 0.2) is 11.2 Å². The summed E-state index contributed by atoms with van der Waals surface area (Å²) in [5.74, 6) is 1.68. The molecule has 1 rings (SSSR count). The second kappa shape index (κ2) is 13.2. The van der Waals surface area contributed by atoms with Crippen molar-refractivity contribution in [1.29, 1.82) is 0 Å². The van der Waals surface area contributed by atoms with Gasteiger partial charge in [-0.2, -0.15) is 0 Å². The van der Waals surface area contributed by atoms with Crippen molar-refractivity contribution in [3.8, 4) is 5.75 Å². The molecule has 1 aromatic heterocycles. The number of hydrogen-bond donors (Lipinski definition) is 2. The Bertz CT molecular complexity index is 510. The molecule has 2 N–H and O–H groups in total. The van der Waals surface area contributed by atoms with Crippen molar-refractivity contribution in [2.75, 3.05) is 33.4 Å². The minimum absolute atomic E-state index is 0. The molecule has 6 nitrogen and oxygen atoms in total. The quantitative estimate of drug-likeness (QED) is 0.262. The predicted molar refractivity (Wildman–Crippen MR) is 110 cm³/mol. The first kappa shape index (κ1) is 22.9. The van der Waals surface area contributed by atoms with Crippen molar-refractivity contribution in [3.63, 3.8) is 0 Å². The van der Waals surface area contributed by atoms with Gasteiger partial charge in [0.25, 0.3) is 0 Å². The van der Waals surface area contributed by atoms with E-state index in [1.165, 1.54) is 0 Å². The van der Waals surface area contributed by atoms with Crippen LogP contribution in [-0.4, -0.2) is 44.4 Å². The molecule has 0 aliphatic rings. The third kappa shape index (κ3) is 7.65. The van der Waals surface area contributed by atoms with Crippen molar-refractivity contribution in [2.45, 2.75) is 40.7 Å².